The van der Waals surface area contributed by atoms with E-state index in [0.29, 0.717) is 23.8 Å². The van der Waals surface area contributed by atoms with Gasteiger partial charge in [0.15, 0.2) is 5.16 Å². The highest BCUT2D eigenvalue weighted by Gasteiger charge is 2.11. The van der Waals surface area contributed by atoms with Crippen molar-refractivity contribution in [3.63, 3.8) is 0 Å². The van der Waals surface area contributed by atoms with Crippen LogP contribution in [-0.4, -0.2) is 33.7 Å². The number of carbonyl (C=O) groups excluding carboxylic acids is 2. The molecule has 2 N–H and O–H groups in total. The first-order chi connectivity index (χ1) is 14.7. The molecule has 7 heteroatoms. The second-order valence-corrected chi connectivity index (χ2v) is 7.73. The molecule has 0 bridgehead atoms. The molecule has 0 atom stereocenters. The highest BCUT2D eigenvalue weighted by molar-refractivity contribution is 7.99. The summed E-state index contributed by atoms with van der Waals surface area (Å²) in [6, 6.07) is 17.2. The summed E-state index contributed by atoms with van der Waals surface area (Å²) in [6.45, 7) is 3.26. The van der Waals surface area contributed by atoms with Crippen LogP contribution in [0.4, 0.5) is 0 Å². The first kappa shape index (κ1) is 21.6. The van der Waals surface area contributed by atoms with Gasteiger partial charge in [0.05, 0.1) is 5.75 Å². The molecule has 0 saturated heterocycles. The van der Waals surface area contributed by atoms with Crippen molar-refractivity contribution in [3.05, 3.63) is 78.1 Å². The molecule has 0 aliphatic carbocycles. The summed E-state index contributed by atoms with van der Waals surface area (Å²) in [7, 11) is 0. The Morgan fingerprint density at radius 1 is 1.07 bits per heavy atom. The van der Waals surface area contributed by atoms with Gasteiger partial charge in [-0.2, -0.15) is 0 Å². The van der Waals surface area contributed by atoms with Crippen LogP contribution in [0.2, 0.25) is 0 Å². The number of amides is 2. The number of hydrogen-bond acceptors (Lipinski definition) is 4. The summed E-state index contributed by atoms with van der Waals surface area (Å²) in [5.41, 5.74) is 2.50. The third kappa shape index (κ3) is 6.22. The summed E-state index contributed by atoms with van der Waals surface area (Å²) < 4.78 is 1.89. The molecule has 3 aromatic rings. The van der Waals surface area contributed by atoms with Crippen LogP contribution in [0.5, 0.6) is 0 Å². The maximum atomic E-state index is 12.3. The van der Waals surface area contributed by atoms with E-state index in [4.69, 9.17) is 0 Å². The lowest BCUT2D eigenvalue weighted by molar-refractivity contribution is -0.118. The Balaban J connectivity index is 1.59. The van der Waals surface area contributed by atoms with Gasteiger partial charge in [-0.3, -0.25) is 14.2 Å². The van der Waals surface area contributed by atoms with Crippen LogP contribution in [0.1, 0.15) is 35.7 Å². The second kappa shape index (κ2) is 11.2. The van der Waals surface area contributed by atoms with E-state index in [1.807, 2.05) is 59.3 Å². The second-order valence-electron chi connectivity index (χ2n) is 6.79. The van der Waals surface area contributed by atoms with Crippen molar-refractivity contribution in [1.82, 2.24) is 20.2 Å². The van der Waals surface area contributed by atoms with Gasteiger partial charge in [0, 0.05) is 36.7 Å². The van der Waals surface area contributed by atoms with Crippen LogP contribution in [0, 0.1) is 0 Å². The molecule has 0 saturated carbocycles. The van der Waals surface area contributed by atoms with E-state index < -0.39 is 0 Å². The van der Waals surface area contributed by atoms with Gasteiger partial charge in [0.25, 0.3) is 5.91 Å². The molecule has 0 aliphatic rings. The van der Waals surface area contributed by atoms with Gasteiger partial charge < -0.3 is 10.6 Å². The van der Waals surface area contributed by atoms with E-state index >= 15 is 0 Å². The molecular weight excluding hydrogens is 396 g/mol. The van der Waals surface area contributed by atoms with Crippen LogP contribution in [0.15, 0.2) is 72.1 Å². The minimum atomic E-state index is -0.0834. The van der Waals surface area contributed by atoms with Crippen LogP contribution in [0.3, 0.4) is 0 Å². The fraction of sp³-hybridized carbons (Fsp3) is 0.261. The van der Waals surface area contributed by atoms with Crippen LogP contribution < -0.4 is 10.6 Å². The molecule has 156 valence electrons. The summed E-state index contributed by atoms with van der Waals surface area (Å²) in [6.07, 6.45) is 5.52. The average Bonchev–Trinajstić information content (AvgIpc) is 3.26. The topological polar surface area (TPSA) is 76.0 Å². The third-order valence-corrected chi connectivity index (χ3v) is 5.44. The molecular formula is C23H26N4O2S. The molecule has 2 amide bonds. The van der Waals surface area contributed by atoms with E-state index in [1.165, 1.54) is 11.8 Å². The quantitative estimate of drug-likeness (QED) is 0.385. The lowest BCUT2D eigenvalue weighted by Gasteiger charge is -2.10. The van der Waals surface area contributed by atoms with Crippen molar-refractivity contribution in [2.45, 2.75) is 31.5 Å². The minimum Gasteiger partial charge on any atom is -0.352 e. The van der Waals surface area contributed by atoms with E-state index in [1.54, 1.807) is 12.3 Å². The Labute approximate surface area is 181 Å². The number of aromatic nitrogens is 2. The van der Waals surface area contributed by atoms with Crippen LogP contribution in [0.25, 0.3) is 5.69 Å². The normalized spacial score (nSPS) is 10.6. The molecule has 0 fully saturated rings. The summed E-state index contributed by atoms with van der Waals surface area (Å²) in [5, 5.41) is 6.55. The maximum Gasteiger partial charge on any atom is 0.251 e. The number of nitrogens with one attached hydrogen (secondary N) is 2. The Hall–Kier alpha value is -3.06. The minimum absolute atomic E-state index is 0.0533. The molecule has 0 aliphatic heterocycles. The van der Waals surface area contributed by atoms with Crippen molar-refractivity contribution in [1.29, 1.82) is 0 Å². The zero-order chi connectivity index (χ0) is 21.2. The first-order valence-corrected chi connectivity index (χ1v) is 11.0. The van der Waals surface area contributed by atoms with E-state index in [2.05, 4.69) is 22.5 Å². The summed E-state index contributed by atoms with van der Waals surface area (Å²) in [5.74, 6) is 0.128. The number of hydrogen-bond donors (Lipinski definition) is 2. The molecule has 6 nitrogen and oxygen atoms in total. The van der Waals surface area contributed by atoms with E-state index in [0.717, 1.165) is 24.1 Å². The van der Waals surface area contributed by atoms with Crippen molar-refractivity contribution in [2.24, 2.45) is 0 Å². The predicted octanol–water partition coefficient (Wildman–Crippen LogP) is 3.81. The predicted molar refractivity (Wildman–Crippen MR) is 120 cm³/mol. The third-order valence-electron chi connectivity index (χ3n) is 4.47. The highest BCUT2D eigenvalue weighted by Crippen LogP contribution is 2.21. The zero-order valence-corrected chi connectivity index (χ0v) is 17.8. The Morgan fingerprint density at radius 2 is 1.90 bits per heavy atom. The van der Waals surface area contributed by atoms with E-state index in [-0.39, 0.29) is 17.6 Å². The van der Waals surface area contributed by atoms with Gasteiger partial charge in [-0.1, -0.05) is 61.5 Å². The molecule has 0 spiro atoms. The number of thioether (sulfide) groups is 1. The monoisotopic (exact) mass is 422 g/mol. The SMILES string of the molecule is CCCCNC(=O)c1cccc(-n2ccnc2SCC(=O)NCc2ccccc2)c1. The Kier molecular flexibility index (Phi) is 8.09. The number of nitrogens with zero attached hydrogens (tertiary/aromatic N) is 2. The molecule has 1 aromatic heterocycles. The highest BCUT2D eigenvalue weighted by atomic mass is 32.2. The van der Waals surface area contributed by atoms with Gasteiger partial charge in [-0.05, 0) is 30.2 Å². The van der Waals surface area contributed by atoms with Gasteiger partial charge in [-0.25, -0.2) is 4.98 Å². The largest absolute Gasteiger partial charge is 0.352 e. The standard InChI is InChI=1S/C23H26N4O2S/c1-2-3-12-24-22(29)19-10-7-11-20(15-19)27-14-13-25-23(27)30-17-21(28)26-16-18-8-5-4-6-9-18/h4-11,13-15H,2-3,12,16-17H2,1H3,(H,24,29)(H,26,28). The first-order valence-electron chi connectivity index (χ1n) is 10.0. The Morgan fingerprint density at radius 3 is 2.70 bits per heavy atom. The Bertz CT molecular complexity index is 972. The molecule has 3 rings (SSSR count). The fourth-order valence-electron chi connectivity index (χ4n) is 2.85. The maximum absolute atomic E-state index is 12.3. The molecule has 0 radical (unpaired) electrons. The average molecular weight is 423 g/mol. The van der Waals surface area contributed by atoms with Gasteiger partial charge >= 0.3 is 0 Å². The van der Waals surface area contributed by atoms with Crippen LogP contribution in [-0.2, 0) is 11.3 Å². The van der Waals surface area contributed by atoms with Crippen molar-refractivity contribution in [3.8, 4) is 5.69 Å². The number of unbranched alkanes of at least 4 members (excludes halogenated alkanes) is 1. The van der Waals surface area contributed by atoms with E-state index in [9.17, 15) is 9.59 Å². The molecule has 1 heterocycles. The summed E-state index contributed by atoms with van der Waals surface area (Å²) >= 11 is 1.36. The number of carbonyl (C=O) groups is 2. The fourth-order valence-corrected chi connectivity index (χ4v) is 3.65. The lowest BCUT2D eigenvalue weighted by atomic mass is 10.2. The smallest absolute Gasteiger partial charge is 0.251 e. The number of imidazole rings is 1. The number of benzene rings is 2. The van der Waals surface area contributed by atoms with Crippen molar-refractivity contribution >= 4 is 23.6 Å². The van der Waals surface area contributed by atoms with Gasteiger partial charge in [0.2, 0.25) is 5.91 Å². The molecule has 0 unspecified atom stereocenters. The van der Waals surface area contributed by atoms with Crippen LogP contribution >= 0.6 is 11.8 Å². The van der Waals surface area contributed by atoms with Crippen molar-refractivity contribution < 1.29 is 9.59 Å². The molecule has 30 heavy (non-hydrogen) atoms. The van der Waals surface area contributed by atoms with Crippen molar-refractivity contribution in [2.75, 3.05) is 12.3 Å². The summed E-state index contributed by atoms with van der Waals surface area (Å²) in [4.78, 5) is 28.9. The lowest BCUT2D eigenvalue weighted by Crippen LogP contribution is -2.24. The van der Waals surface area contributed by atoms with Gasteiger partial charge in [-0.15, -0.1) is 0 Å². The van der Waals surface area contributed by atoms with Gasteiger partial charge in [0.1, 0.15) is 0 Å². The molecule has 2 aromatic carbocycles. The number of rotatable bonds is 10. The zero-order valence-electron chi connectivity index (χ0n) is 17.0.